The third-order valence-electron chi connectivity index (χ3n) is 3.60. The first-order chi connectivity index (χ1) is 12.5. The lowest BCUT2D eigenvalue weighted by Gasteiger charge is -2.19. The second-order valence-corrected chi connectivity index (χ2v) is 5.48. The zero-order valence-corrected chi connectivity index (χ0v) is 13.5. The predicted octanol–water partition coefficient (Wildman–Crippen LogP) is 4.86. The summed E-state index contributed by atoms with van der Waals surface area (Å²) >= 11 is 0. The number of anilines is 1. The Bertz CT molecular complexity index is 899. The molecule has 0 bridgehead atoms. The molecule has 0 aliphatic carbocycles. The van der Waals surface area contributed by atoms with Crippen LogP contribution in [0.5, 0.6) is 5.75 Å². The van der Waals surface area contributed by atoms with Crippen LogP contribution in [-0.2, 0) is 4.79 Å². The summed E-state index contributed by atoms with van der Waals surface area (Å²) in [7, 11) is 0. The first-order valence-corrected chi connectivity index (χ1v) is 7.76. The number of hydrogen-bond acceptors (Lipinski definition) is 2. The van der Waals surface area contributed by atoms with Gasteiger partial charge in [0.1, 0.15) is 11.6 Å². The highest BCUT2D eigenvalue weighted by molar-refractivity contribution is 5.95. The molecule has 132 valence electrons. The summed E-state index contributed by atoms with van der Waals surface area (Å²) in [4.78, 5) is 12.7. The van der Waals surface area contributed by atoms with E-state index in [-0.39, 0.29) is 5.75 Å². The molecule has 0 spiro atoms. The van der Waals surface area contributed by atoms with Gasteiger partial charge in [0.05, 0.1) is 0 Å². The molecule has 1 N–H and O–H groups in total. The second-order valence-electron chi connectivity index (χ2n) is 5.48. The van der Waals surface area contributed by atoms with E-state index in [0.29, 0.717) is 11.3 Å². The van der Waals surface area contributed by atoms with Crippen molar-refractivity contribution >= 4 is 11.6 Å². The zero-order chi connectivity index (χ0) is 18.5. The van der Waals surface area contributed by atoms with E-state index < -0.39 is 29.5 Å². The number of carbonyl (C=O) groups is 1. The quantitative estimate of drug-likeness (QED) is 0.708. The SMILES string of the molecule is O=C(Nc1ccc(F)cc1)[C@H](Oc1ccc(F)c(F)c1)c1ccccc1. The lowest BCUT2D eigenvalue weighted by Crippen LogP contribution is -2.25. The van der Waals surface area contributed by atoms with Crippen molar-refractivity contribution in [3.05, 3.63) is 95.8 Å². The number of nitrogens with one attached hydrogen (secondary N) is 1. The summed E-state index contributed by atoms with van der Waals surface area (Å²) < 4.78 is 45.1. The van der Waals surface area contributed by atoms with Crippen molar-refractivity contribution < 1.29 is 22.7 Å². The molecule has 3 aromatic carbocycles. The van der Waals surface area contributed by atoms with Crippen LogP contribution in [0, 0.1) is 17.5 Å². The molecule has 0 fully saturated rings. The molecule has 0 unspecified atom stereocenters. The summed E-state index contributed by atoms with van der Waals surface area (Å²) in [6, 6.07) is 16.8. The molecule has 0 aromatic heterocycles. The summed E-state index contributed by atoms with van der Waals surface area (Å²) in [6.45, 7) is 0. The highest BCUT2D eigenvalue weighted by atomic mass is 19.2. The van der Waals surface area contributed by atoms with Gasteiger partial charge in [-0.15, -0.1) is 0 Å². The van der Waals surface area contributed by atoms with E-state index in [1.165, 1.54) is 30.3 Å². The Morgan fingerprint density at radius 3 is 2.19 bits per heavy atom. The van der Waals surface area contributed by atoms with Crippen LogP contribution in [0.1, 0.15) is 11.7 Å². The Kier molecular flexibility index (Phi) is 5.22. The standard InChI is InChI=1S/C20H14F3NO2/c21-14-6-8-15(9-7-14)24-20(25)19(13-4-2-1-3-5-13)26-16-10-11-17(22)18(23)12-16/h1-12,19H,(H,24,25)/t19-/m1/s1. The number of hydrogen-bond donors (Lipinski definition) is 1. The lowest BCUT2D eigenvalue weighted by atomic mass is 10.1. The number of rotatable bonds is 5. The number of halogens is 3. The van der Waals surface area contributed by atoms with Crippen LogP contribution >= 0.6 is 0 Å². The molecule has 1 atom stereocenters. The Morgan fingerprint density at radius 1 is 0.846 bits per heavy atom. The smallest absolute Gasteiger partial charge is 0.270 e. The molecular weight excluding hydrogens is 343 g/mol. The van der Waals surface area contributed by atoms with Gasteiger partial charge in [-0.1, -0.05) is 30.3 Å². The highest BCUT2D eigenvalue weighted by Crippen LogP contribution is 2.25. The molecule has 0 aliphatic rings. The van der Waals surface area contributed by atoms with Gasteiger partial charge in [-0.3, -0.25) is 4.79 Å². The van der Waals surface area contributed by atoms with E-state index in [2.05, 4.69) is 5.32 Å². The first kappa shape index (κ1) is 17.5. The Hall–Kier alpha value is -3.28. The summed E-state index contributed by atoms with van der Waals surface area (Å²) in [6.07, 6.45) is -1.11. The van der Waals surface area contributed by atoms with E-state index in [4.69, 9.17) is 4.74 Å². The van der Waals surface area contributed by atoms with Crippen molar-refractivity contribution in [3.63, 3.8) is 0 Å². The van der Waals surface area contributed by atoms with Crippen molar-refractivity contribution in [1.82, 2.24) is 0 Å². The fourth-order valence-electron chi connectivity index (χ4n) is 2.33. The van der Waals surface area contributed by atoms with Crippen LogP contribution in [0.2, 0.25) is 0 Å². The van der Waals surface area contributed by atoms with Gasteiger partial charge >= 0.3 is 0 Å². The summed E-state index contributed by atoms with van der Waals surface area (Å²) in [5, 5.41) is 2.62. The molecule has 26 heavy (non-hydrogen) atoms. The molecule has 3 nitrogen and oxygen atoms in total. The Labute approximate surface area is 148 Å². The predicted molar refractivity (Wildman–Crippen MR) is 91.2 cm³/mol. The van der Waals surface area contributed by atoms with Crippen molar-refractivity contribution in [3.8, 4) is 5.75 Å². The van der Waals surface area contributed by atoms with Crippen LogP contribution in [0.3, 0.4) is 0 Å². The normalized spacial score (nSPS) is 11.7. The van der Waals surface area contributed by atoms with Gasteiger partial charge in [0.25, 0.3) is 5.91 Å². The van der Waals surface area contributed by atoms with Crippen molar-refractivity contribution in [2.45, 2.75) is 6.10 Å². The fraction of sp³-hybridized carbons (Fsp3) is 0.0500. The van der Waals surface area contributed by atoms with E-state index >= 15 is 0 Å². The molecule has 6 heteroatoms. The van der Waals surface area contributed by atoms with Crippen LogP contribution in [0.4, 0.5) is 18.9 Å². The Balaban J connectivity index is 1.86. The zero-order valence-electron chi connectivity index (χ0n) is 13.5. The maximum absolute atomic E-state index is 13.4. The third-order valence-corrected chi connectivity index (χ3v) is 3.60. The minimum Gasteiger partial charge on any atom is -0.476 e. The molecular formula is C20H14F3NO2. The second kappa shape index (κ2) is 7.74. The summed E-state index contributed by atoms with van der Waals surface area (Å²) in [5.74, 6) is -3.04. The van der Waals surface area contributed by atoms with Crippen LogP contribution in [-0.4, -0.2) is 5.91 Å². The number of ether oxygens (including phenoxy) is 1. The lowest BCUT2D eigenvalue weighted by molar-refractivity contribution is -0.123. The molecule has 3 rings (SSSR count). The Morgan fingerprint density at radius 2 is 1.54 bits per heavy atom. The highest BCUT2D eigenvalue weighted by Gasteiger charge is 2.23. The minimum absolute atomic E-state index is 0.00649. The van der Waals surface area contributed by atoms with Crippen LogP contribution < -0.4 is 10.1 Å². The largest absolute Gasteiger partial charge is 0.476 e. The minimum atomic E-state index is -1.11. The van der Waals surface area contributed by atoms with Crippen LogP contribution in [0.15, 0.2) is 72.8 Å². The first-order valence-electron chi connectivity index (χ1n) is 7.76. The van der Waals surface area contributed by atoms with E-state index in [1.54, 1.807) is 30.3 Å². The number of carbonyl (C=O) groups excluding carboxylic acids is 1. The maximum Gasteiger partial charge on any atom is 0.270 e. The maximum atomic E-state index is 13.4. The van der Waals surface area contributed by atoms with Crippen molar-refractivity contribution in [2.75, 3.05) is 5.32 Å². The molecule has 3 aromatic rings. The molecule has 1 amide bonds. The van der Waals surface area contributed by atoms with Crippen molar-refractivity contribution in [2.24, 2.45) is 0 Å². The topological polar surface area (TPSA) is 38.3 Å². The number of benzene rings is 3. The number of amides is 1. The third kappa shape index (κ3) is 4.22. The average molecular weight is 357 g/mol. The van der Waals surface area contributed by atoms with Gasteiger partial charge in [0.15, 0.2) is 11.6 Å². The van der Waals surface area contributed by atoms with Gasteiger partial charge < -0.3 is 10.1 Å². The van der Waals surface area contributed by atoms with E-state index in [0.717, 1.165) is 12.1 Å². The molecule has 0 saturated carbocycles. The van der Waals surface area contributed by atoms with Crippen LogP contribution in [0.25, 0.3) is 0 Å². The fourth-order valence-corrected chi connectivity index (χ4v) is 2.33. The molecule has 0 aliphatic heterocycles. The monoisotopic (exact) mass is 357 g/mol. The molecule has 0 radical (unpaired) electrons. The van der Waals surface area contributed by atoms with Gasteiger partial charge in [-0.2, -0.15) is 0 Å². The summed E-state index contributed by atoms with van der Waals surface area (Å²) in [5.41, 5.74) is 0.906. The van der Waals surface area contributed by atoms with Gasteiger partial charge in [0.2, 0.25) is 6.10 Å². The van der Waals surface area contributed by atoms with E-state index in [1.807, 2.05) is 0 Å². The van der Waals surface area contributed by atoms with Gasteiger partial charge in [-0.25, -0.2) is 13.2 Å². The van der Waals surface area contributed by atoms with Crippen molar-refractivity contribution in [1.29, 1.82) is 0 Å². The van der Waals surface area contributed by atoms with E-state index in [9.17, 15) is 18.0 Å². The molecule has 0 heterocycles. The molecule has 0 saturated heterocycles. The van der Waals surface area contributed by atoms with Gasteiger partial charge in [0, 0.05) is 17.3 Å². The van der Waals surface area contributed by atoms with Gasteiger partial charge in [-0.05, 0) is 36.4 Å². The average Bonchev–Trinajstić information content (AvgIpc) is 2.65.